The lowest BCUT2D eigenvalue weighted by Gasteiger charge is -2.18. The zero-order valence-electron chi connectivity index (χ0n) is 11.7. The molecule has 1 aromatic heterocycles. The highest BCUT2D eigenvalue weighted by atomic mass is 16.4. The second kappa shape index (κ2) is 6.50. The van der Waals surface area contributed by atoms with Crippen molar-refractivity contribution < 1.29 is 14.7 Å². The molecule has 1 heterocycles. The number of carboxylic acids is 1. The molecule has 1 aliphatic carbocycles. The topological polar surface area (TPSA) is 79.3 Å². The first-order chi connectivity index (χ1) is 9.61. The molecule has 0 saturated carbocycles. The number of aliphatic carboxylic acids is 1. The van der Waals surface area contributed by atoms with Gasteiger partial charge < -0.3 is 10.4 Å². The number of pyridine rings is 1. The Bertz CT molecular complexity index is 514. The highest BCUT2D eigenvalue weighted by Gasteiger charge is 2.21. The highest BCUT2D eigenvalue weighted by molar-refractivity contribution is 5.98. The van der Waals surface area contributed by atoms with Crippen molar-refractivity contribution in [3.05, 3.63) is 23.4 Å². The number of rotatable bonds is 6. The average molecular weight is 276 g/mol. The zero-order chi connectivity index (χ0) is 14.5. The summed E-state index contributed by atoms with van der Waals surface area (Å²) >= 11 is 0. The van der Waals surface area contributed by atoms with Crippen LogP contribution in [-0.2, 0) is 11.2 Å². The molecule has 1 aliphatic rings. The monoisotopic (exact) mass is 276 g/mol. The first-order valence-corrected chi connectivity index (χ1v) is 7.14. The number of nitrogens with zero attached hydrogens (tertiary/aromatic N) is 1. The molecule has 1 atom stereocenters. The van der Waals surface area contributed by atoms with E-state index in [9.17, 15) is 14.7 Å². The number of carbonyl (C=O) groups excluding carboxylic acids is 1. The van der Waals surface area contributed by atoms with E-state index in [0.29, 0.717) is 24.2 Å². The van der Waals surface area contributed by atoms with Gasteiger partial charge in [0.1, 0.15) is 11.9 Å². The first-order valence-electron chi connectivity index (χ1n) is 7.14. The fourth-order valence-electron chi connectivity index (χ4n) is 2.42. The van der Waals surface area contributed by atoms with Gasteiger partial charge in [-0.2, -0.15) is 0 Å². The second-order valence-electron chi connectivity index (χ2n) is 5.14. The predicted molar refractivity (Wildman–Crippen MR) is 76.1 cm³/mol. The third-order valence-corrected chi connectivity index (χ3v) is 3.56. The molecule has 2 N–H and O–H groups in total. The number of Topliss-reactive ketones (excluding diaryl/α,β-unsaturated/α-hetero) is 1. The number of carboxylic acid groups (broad SMARTS) is 1. The van der Waals surface area contributed by atoms with Gasteiger partial charge >= 0.3 is 5.97 Å². The number of aromatic nitrogens is 1. The molecule has 0 amide bonds. The molecule has 20 heavy (non-hydrogen) atoms. The molecule has 0 saturated heterocycles. The number of nitrogens with one attached hydrogen (secondary N) is 1. The van der Waals surface area contributed by atoms with Crippen LogP contribution < -0.4 is 5.32 Å². The summed E-state index contributed by atoms with van der Waals surface area (Å²) in [7, 11) is 0. The molecule has 1 unspecified atom stereocenters. The summed E-state index contributed by atoms with van der Waals surface area (Å²) < 4.78 is 0. The van der Waals surface area contributed by atoms with Gasteiger partial charge in [-0.25, -0.2) is 9.78 Å². The van der Waals surface area contributed by atoms with E-state index in [2.05, 4.69) is 10.3 Å². The lowest BCUT2D eigenvalue weighted by atomic mass is 9.95. The minimum absolute atomic E-state index is 0.131. The SMILES string of the molecule is CCCCC(Nc1ccc2c(n1)CCCC2=O)C(=O)O. The number of aryl methyl sites for hydroxylation is 1. The number of unbranched alkanes of at least 4 members (excludes halogenated alkanes) is 1. The maximum absolute atomic E-state index is 11.7. The minimum Gasteiger partial charge on any atom is -0.480 e. The predicted octanol–water partition coefficient (Wildman–Crippen LogP) is 2.66. The fourth-order valence-corrected chi connectivity index (χ4v) is 2.42. The maximum atomic E-state index is 11.7. The molecule has 5 heteroatoms. The maximum Gasteiger partial charge on any atom is 0.326 e. The van der Waals surface area contributed by atoms with Crippen molar-refractivity contribution in [3.8, 4) is 0 Å². The number of anilines is 1. The summed E-state index contributed by atoms with van der Waals surface area (Å²) in [4.78, 5) is 27.3. The Morgan fingerprint density at radius 1 is 1.45 bits per heavy atom. The van der Waals surface area contributed by atoms with Crippen LogP contribution in [0, 0.1) is 0 Å². The number of hydrogen-bond donors (Lipinski definition) is 2. The Labute approximate surface area is 118 Å². The standard InChI is InChI=1S/C15H20N2O3/c1-2-3-5-12(15(19)20)17-14-9-8-10-11(16-14)6-4-7-13(10)18/h8-9,12H,2-7H2,1H3,(H,16,17)(H,19,20). The minimum atomic E-state index is -0.867. The number of ketones is 1. The molecule has 0 aromatic carbocycles. The smallest absolute Gasteiger partial charge is 0.326 e. The molecule has 1 aromatic rings. The van der Waals surface area contributed by atoms with Crippen LogP contribution >= 0.6 is 0 Å². The third-order valence-electron chi connectivity index (χ3n) is 3.56. The Morgan fingerprint density at radius 2 is 2.25 bits per heavy atom. The van der Waals surface area contributed by atoms with E-state index in [1.807, 2.05) is 6.92 Å². The normalized spacial score (nSPS) is 15.6. The van der Waals surface area contributed by atoms with Crippen molar-refractivity contribution >= 4 is 17.6 Å². The van der Waals surface area contributed by atoms with Crippen molar-refractivity contribution in [1.82, 2.24) is 4.98 Å². The molecular weight excluding hydrogens is 256 g/mol. The van der Waals surface area contributed by atoms with Crippen molar-refractivity contribution in [2.75, 3.05) is 5.32 Å². The first kappa shape index (κ1) is 14.5. The van der Waals surface area contributed by atoms with E-state index in [-0.39, 0.29) is 5.78 Å². The Morgan fingerprint density at radius 3 is 2.95 bits per heavy atom. The van der Waals surface area contributed by atoms with Gasteiger partial charge in [0.25, 0.3) is 0 Å². The van der Waals surface area contributed by atoms with Crippen molar-refractivity contribution in [1.29, 1.82) is 0 Å². The Hall–Kier alpha value is -1.91. The second-order valence-corrected chi connectivity index (χ2v) is 5.14. The molecule has 0 radical (unpaired) electrons. The third kappa shape index (κ3) is 3.35. The van der Waals surface area contributed by atoms with E-state index in [4.69, 9.17) is 0 Å². The lowest BCUT2D eigenvalue weighted by molar-refractivity contribution is -0.138. The molecule has 2 rings (SSSR count). The van der Waals surface area contributed by atoms with E-state index in [1.54, 1.807) is 12.1 Å². The van der Waals surface area contributed by atoms with Crippen LogP contribution in [0.2, 0.25) is 0 Å². The number of hydrogen-bond acceptors (Lipinski definition) is 4. The van der Waals surface area contributed by atoms with Crippen LogP contribution in [0.1, 0.15) is 55.1 Å². The van der Waals surface area contributed by atoms with Gasteiger partial charge in [-0.05, 0) is 31.4 Å². The van der Waals surface area contributed by atoms with Crippen LogP contribution in [0.5, 0.6) is 0 Å². The van der Waals surface area contributed by atoms with E-state index < -0.39 is 12.0 Å². The van der Waals surface area contributed by atoms with Crippen molar-refractivity contribution in [3.63, 3.8) is 0 Å². The molecule has 0 fully saturated rings. The summed E-state index contributed by atoms with van der Waals surface area (Å²) in [6.07, 6.45) is 4.56. The van der Waals surface area contributed by atoms with Gasteiger partial charge in [0, 0.05) is 12.0 Å². The molecular formula is C15H20N2O3. The molecule has 0 bridgehead atoms. The summed E-state index contributed by atoms with van der Waals surface area (Å²) in [5, 5.41) is 12.2. The van der Waals surface area contributed by atoms with E-state index in [1.165, 1.54) is 0 Å². The fraction of sp³-hybridized carbons (Fsp3) is 0.533. The lowest BCUT2D eigenvalue weighted by Crippen LogP contribution is -2.30. The van der Waals surface area contributed by atoms with Crippen LogP contribution in [0.25, 0.3) is 0 Å². The van der Waals surface area contributed by atoms with Gasteiger partial charge in [0.05, 0.1) is 5.69 Å². The van der Waals surface area contributed by atoms with Gasteiger partial charge in [-0.1, -0.05) is 19.8 Å². The highest BCUT2D eigenvalue weighted by Crippen LogP contribution is 2.21. The van der Waals surface area contributed by atoms with E-state index in [0.717, 1.165) is 31.4 Å². The molecule has 0 aliphatic heterocycles. The van der Waals surface area contributed by atoms with Gasteiger partial charge in [0.15, 0.2) is 5.78 Å². The molecule has 0 spiro atoms. The Balaban J connectivity index is 2.12. The van der Waals surface area contributed by atoms with Gasteiger partial charge in [-0.15, -0.1) is 0 Å². The largest absolute Gasteiger partial charge is 0.480 e. The zero-order valence-corrected chi connectivity index (χ0v) is 11.7. The number of fused-ring (bicyclic) bond motifs is 1. The van der Waals surface area contributed by atoms with Crippen LogP contribution in [-0.4, -0.2) is 27.9 Å². The van der Waals surface area contributed by atoms with Gasteiger partial charge in [-0.3, -0.25) is 4.79 Å². The van der Waals surface area contributed by atoms with Crippen molar-refractivity contribution in [2.24, 2.45) is 0 Å². The summed E-state index contributed by atoms with van der Waals surface area (Å²) in [6.45, 7) is 2.03. The van der Waals surface area contributed by atoms with Gasteiger partial charge in [0.2, 0.25) is 0 Å². The summed E-state index contributed by atoms with van der Waals surface area (Å²) in [5.41, 5.74) is 1.47. The Kier molecular flexibility index (Phi) is 4.71. The quantitative estimate of drug-likeness (QED) is 0.835. The number of carbonyl (C=O) groups is 2. The van der Waals surface area contributed by atoms with Crippen LogP contribution in [0.4, 0.5) is 5.82 Å². The summed E-state index contributed by atoms with van der Waals surface area (Å²) in [6, 6.07) is 2.83. The van der Waals surface area contributed by atoms with Crippen LogP contribution in [0.15, 0.2) is 12.1 Å². The molecule has 5 nitrogen and oxygen atoms in total. The van der Waals surface area contributed by atoms with Crippen molar-refractivity contribution in [2.45, 2.75) is 51.5 Å². The summed E-state index contributed by atoms with van der Waals surface area (Å²) in [5.74, 6) is -0.193. The van der Waals surface area contributed by atoms with Crippen LogP contribution in [0.3, 0.4) is 0 Å². The van der Waals surface area contributed by atoms with E-state index >= 15 is 0 Å². The average Bonchev–Trinajstić information content (AvgIpc) is 2.43. The molecule has 108 valence electrons.